The van der Waals surface area contributed by atoms with Crippen molar-refractivity contribution < 1.29 is 13.9 Å². The molecule has 0 radical (unpaired) electrons. The van der Waals surface area contributed by atoms with Crippen LogP contribution in [-0.2, 0) is 16.0 Å². The first-order valence-corrected chi connectivity index (χ1v) is 10.8. The SMILES string of the molecule is CCOC(=O)CCc1c(C(C)C)n(-c2ccc(F)c(C)c2)c2cc3c(C)n[nH]c3cc12. The highest BCUT2D eigenvalue weighted by Crippen LogP contribution is 2.37. The second kappa shape index (κ2) is 8.17. The molecule has 0 saturated carbocycles. The molecule has 162 valence electrons. The summed E-state index contributed by atoms with van der Waals surface area (Å²) in [7, 11) is 0. The van der Waals surface area contributed by atoms with Gasteiger partial charge in [-0.3, -0.25) is 9.89 Å². The summed E-state index contributed by atoms with van der Waals surface area (Å²) >= 11 is 0. The number of carbonyl (C=O) groups is 1. The number of fused-ring (bicyclic) bond motifs is 2. The number of hydrogen-bond donors (Lipinski definition) is 1. The lowest BCUT2D eigenvalue weighted by molar-refractivity contribution is -0.143. The van der Waals surface area contributed by atoms with Crippen molar-refractivity contribution in [2.24, 2.45) is 0 Å². The van der Waals surface area contributed by atoms with Gasteiger partial charge in [-0.1, -0.05) is 13.8 Å². The van der Waals surface area contributed by atoms with Gasteiger partial charge in [-0.15, -0.1) is 0 Å². The largest absolute Gasteiger partial charge is 0.466 e. The highest BCUT2D eigenvalue weighted by Gasteiger charge is 2.23. The quantitative estimate of drug-likeness (QED) is 0.395. The van der Waals surface area contributed by atoms with Gasteiger partial charge in [0.1, 0.15) is 5.82 Å². The highest BCUT2D eigenvalue weighted by atomic mass is 19.1. The number of nitrogens with one attached hydrogen (secondary N) is 1. The fourth-order valence-corrected chi connectivity index (χ4v) is 4.39. The van der Waals surface area contributed by atoms with Crippen LogP contribution in [0.3, 0.4) is 0 Å². The topological polar surface area (TPSA) is 59.9 Å². The fourth-order valence-electron chi connectivity index (χ4n) is 4.39. The zero-order valence-electron chi connectivity index (χ0n) is 18.7. The Morgan fingerprint density at radius 3 is 2.65 bits per heavy atom. The Morgan fingerprint density at radius 1 is 1.19 bits per heavy atom. The normalized spacial score (nSPS) is 11.7. The van der Waals surface area contributed by atoms with E-state index in [1.807, 2.05) is 26.0 Å². The molecule has 4 aromatic rings. The van der Waals surface area contributed by atoms with Gasteiger partial charge in [0.05, 0.1) is 23.3 Å². The molecule has 0 atom stereocenters. The number of aromatic amines is 1. The number of H-pyrrole nitrogens is 1. The maximum absolute atomic E-state index is 14.0. The van der Waals surface area contributed by atoms with Crippen molar-refractivity contribution in [3.8, 4) is 5.69 Å². The predicted molar refractivity (Wildman–Crippen MR) is 121 cm³/mol. The minimum Gasteiger partial charge on any atom is -0.466 e. The van der Waals surface area contributed by atoms with Crippen LogP contribution in [0, 0.1) is 19.7 Å². The van der Waals surface area contributed by atoms with Gasteiger partial charge in [0.25, 0.3) is 0 Å². The second-order valence-corrected chi connectivity index (χ2v) is 8.32. The van der Waals surface area contributed by atoms with E-state index in [0.29, 0.717) is 25.0 Å². The molecule has 0 amide bonds. The summed E-state index contributed by atoms with van der Waals surface area (Å²) in [5, 5.41) is 9.59. The van der Waals surface area contributed by atoms with Crippen LogP contribution in [0.5, 0.6) is 0 Å². The molecule has 1 N–H and O–H groups in total. The summed E-state index contributed by atoms with van der Waals surface area (Å²) < 4.78 is 21.4. The summed E-state index contributed by atoms with van der Waals surface area (Å²) in [5.41, 5.74) is 6.69. The van der Waals surface area contributed by atoms with E-state index in [0.717, 1.165) is 44.4 Å². The molecule has 0 saturated heterocycles. The number of esters is 1. The molecular formula is C25H28FN3O2. The van der Waals surface area contributed by atoms with Crippen LogP contribution >= 0.6 is 0 Å². The molecule has 0 aliphatic carbocycles. The van der Waals surface area contributed by atoms with E-state index in [1.54, 1.807) is 6.92 Å². The van der Waals surface area contributed by atoms with Gasteiger partial charge < -0.3 is 9.30 Å². The van der Waals surface area contributed by atoms with E-state index < -0.39 is 0 Å². The Hall–Kier alpha value is -3.15. The Kier molecular flexibility index (Phi) is 5.56. The Morgan fingerprint density at radius 2 is 1.97 bits per heavy atom. The number of carbonyl (C=O) groups excluding carboxylic acids is 1. The first-order chi connectivity index (χ1) is 14.8. The minimum absolute atomic E-state index is 0.200. The van der Waals surface area contributed by atoms with Crippen molar-refractivity contribution in [1.29, 1.82) is 0 Å². The van der Waals surface area contributed by atoms with Crippen LogP contribution in [0.1, 0.15) is 55.6 Å². The van der Waals surface area contributed by atoms with Crippen molar-refractivity contribution in [3.05, 3.63) is 58.7 Å². The summed E-state index contributed by atoms with van der Waals surface area (Å²) in [6.07, 6.45) is 0.893. The lowest BCUT2D eigenvalue weighted by Gasteiger charge is -2.16. The number of aryl methyl sites for hydroxylation is 3. The van der Waals surface area contributed by atoms with Gasteiger partial charge in [-0.2, -0.15) is 5.10 Å². The monoisotopic (exact) mass is 421 g/mol. The van der Waals surface area contributed by atoms with Crippen LogP contribution in [0.15, 0.2) is 30.3 Å². The van der Waals surface area contributed by atoms with Crippen LogP contribution in [0.2, 0.25) is 0 Å². The third kappa shape index (κ3) is 3.71. The lowest BCUT2D eigenvalue weighted by Crippen LogP contribution is -2.08. The van der Waals surface area contributed by atoms with E-state index in [2.05, 4.69) is 40.7 Å². The van der Waals surface area contributed by atoms with E-state index in [9.17, 15) is 9.18 Å². The van der Waals surface area contributed by atoms with Crippen LogP contribution in [-0.4, -0.2) is 27.3 Å². The van der Waals surface area contributed by atoms with Crippen molar-refractivity contribution in [2.75, 3.05) is 6.61 Å². The van der Waals surface area contributed by atoms with Crippen molar-refractivity contribution >= 4 is 27.8 Å². The van der Waals surface area contributed by atoms with Crippen molar-refractivity contribution in [2.45, 2.75) is 53.4 Å². The molecular weight excluding hydrogens is 393 g/mol. The minimum atomic E-state index is -0.220. The third-order valence-corrected chi connectivity index (χ3v) is 5.82. The summed E-state index contributed by atoms with van der Waals surface area (Å²) in [5.74, 6) is -0.219. The van der Waals surface area contributed by atoms with Gasteiger partial charge in [-0.25, -0.2) is 4.39 Å². The molecule has 6 heteroatoms. The zero-order valence-corrected chi connectivity index (χ0v) is 18.7. The number of benzene rings is 2. The maximum atomic E-state index is 14.0. The highest BCUT2D eigenvalue weighted by molar-refractivity contribution is 5.99. The third-order valence-electron chi connectivity index (χ3n) is 5.82. The molecule has 4 rings (SSSR count). The van der Waals surface area contributed by atoms with E-state index >= 15 is 0 Å². The molecule has 0 spiro atoms. The van der Waals surface area contributed by atoms with Crippen LogP contribution < -0.4 is 0 Å². The number of nitrogens with zero attached hydrogens (tertiary/aromatic N) is 2. The fraction of sp³-hybridized carbons (Fsp3) is 0.360. The van der Waals surface area contributed by atoms with Gasteiger partial charge in [0.15, 0.2) is 0 Å². The average Bonchev–Trinajstić information content (AvgIpc) is 3.25. The summed E-state index contributed by atoms with van der Waals surface area (Å²) in [4.78, 5) is 12.1. The average molecular weight is 422 g/mol. The maximum Gasteiger partial charge on any atom is 0.306 e. The van der Waals surface area contributed by atoms with E-state index in [1.165, 1.54) is 6.07 Å². The summed E-state index contributed by atoms with van der Waals surface area (Å²) in [6.45, 7) is 10.2. The first-order valence-electron chi connectivity index (χ1n) is 10.8. The summed E-state index contributed by atoms with van der Waals surface area (Å²) in [6, 6.07) is 9.46. The lowest BCUT2D eigenvalue weighted by atomic mass is 9.99. The van der Waals surface area contributed by atoms with Gasteiger partial charge in [0, 0.05) is 28.6 Å². The molecule has 0 unspecified atom stereocenters. The number of hydrogen-bond acceptors (Lipinski definition) is 3. The molecule has 0 aliphatic rings. The predicted octanol–water partition coefficient (Wildman–Crippen LogP) is 5.88. The molecule has 2 aromatic heterocycles. The van der Waals surface area contributed by atoms with Crippen LogP contribution in [0.4, 0.5) is 4.39 Å². The second-order valence-electron chi connectivity index (χ2n) is 8.32. The molecule has 5 nitrogen and oxygen atoms in total. The molecule has 31 heavy (non-hydrogen) atoms. The van der Waals surface area contributed by atoms with Crippen LogP contribution in [0.25, 0.3) is 27.5 Å². The van der Waals surface area contributed by atoms with Crippen molar-refractivity contribution in [1.82, 2.24) is 14.8 Å². The number of aromatic nitrogens is 3. The molecule has 0 bridgehead atoms. The number of rotatable bonds is 6. The Bertz CT molecular complexity index is 1280. The van der Waals surface area contributed by atoms with Gasteiger partial charge >= 0.3 is 5.97 Å². The molecule has 0 fully saturated rings. The number of ether oxygens (including phenoxy) is 1. The van der Waals surface area contributed by atoms with Crippen molar-refractivity contribution in [3.63, 3.8) is 0 Å². The van der Waals surface area contributed by atoms with E-state index in [4.69, 9.17) is 4.74 Å². The Labute approximate surface area is 181 Å². The Balaban J connectivity index is 2.02. The smallest absolute Gasteiger partial charge is 0.306 e. The van der Waals surface area contributed by atoms with Gasteiger partial charge in [0.2, 0.25) is 0 Å². The standard InChI is InChI=1S/C25H28FN3O2/c1-6-31-24(30)10-8-18-20-12-22-19(16(5)27-28-22)13-23(20)29(25(18)14(2)3)17-7-9-21(26)15(4)11-17/h7,9,11-14H,6,8,10H2,1-5H3,(H,27,28). The van der Waals surface area contributed by atoms with Gasteiger partial charge in [-0.05, 0) is 74.6 Å². The molecule has 2 aromatic carbocycles. The number of halogens is 1. The molecule has 2 heterocycles. The molecule has 0 aliphatic heterocycles. The zero-order chi connectivity index (χ0) is 22.3. The van der Waals surface area contributed by atoms with E-state index in [-0.39, 0.29) is 17.7 Å². The first kappa shape index (κ1) is 21.1.